The van der Waals surface area contributed by atoms with Gasteiger partial charge in [0.2, 0.25) is 0 Å². The van der Waals surface area contributed by atoms with Crippen molar-refractivity contribution in [1.82, 2.24) is 0 Å². The van der Waals surface area contributed by atoms with E-state index in [0.717, 1.165) is 0 Å². The fraction of sp³-hybridized carbons (Fsp3) is 0.333. The number of carboxylic acid groups (broad SMARTS) is 1. The molecule has 1 fully saturated rings. The van der Waals surface area contributed by atoms with Crippen molar-refractivity contribution in [3.05, 3.63) is 29.8 Å². The Bertz CT molecular complexity index is 463. The molecule has 96 valence electrons. The Labute approximate surface area is 104 Å². The van der Waals surface area contributed by atoms with E-state index in [1.54, 1.807) is 24.3 Å². The van der Waals surface area contributed by atoms with Crippen LogP contribution in [0.3, 0.4) is 0 Å². The lowest BCUT2D eigenvalue weighted by Gasteiger charge is -2.32. The smallest absolute Gasteiger partial charge is 0.306 e. The van der Waals surface area contributed by atoms with Crippen LogP contribution in [0.5, 0.6) is 5.75 Å². The standard InChI is InChI=1S/C12H14N2O4/c13-11(14-17)7-1-3-9(4-2-7)18-10-5-8(6-10)12(15)16/h1-4,8,10,17H,5-6H2,(H2,13,14)(H,15,16)/t8-,10+. The third kappa shape index (κ3) is 2.53. The molecule has 18 heavy (non-hydrogen) atoms. The largest absolute Gasteiger partial charge is 0.490 e. The normalized spacial score (nSPS) is 23.2. The van der Waals surface area contributed by atoms with Crippen molar-refractivity contribution in [3.63, 3.8) is 0 Å². The number of oxime groups is 1. The summed E-state index contributed by atoms with van der Waals surface area (Å²) >= 11 is 0. The van der Waals surface area contributed by atoms with Crippen LogP contribution >= 0.6 is 0 Å². The Morgan fingerprint density at radius 3 is 2.44 bits per heavy atom. The Morgan fingerprint density at radius 2 is 1.94 bits per heavy atom. The number of amidine groups is 1. The zero-order chi connectivity index (χ0) is 13.1. The van der Waals surface area contributed by atoms with Gasteiger partial charge in [-0.3, -0.25) is 4.79 Å². The van der Waals surface area contributed by atoms with Gasteiger partial charge in [0, 0.05) is 5.56 Å². The van der Waals surface area contributed by atoms with Crippen LogP contribution in [0.1, 0.15) is 18.4 Å². The minimum absolute atomic E-state index is 0.0381. The van der Waals surface area contributed by atoms with Gasteiger partial charge in [0.1, 0.15) is 11.9 Å². The van der Waals surface area contributed by atoms with Gasteiger partial charge in [-0.05, 0) is 37.1 Å². The fourth-order valence-electron chi connectivity index (χ4n) is 1.82. The average Bonchev–Trinajstić information content (AvgIpc) is 2.32. The minimum atomic E-state index is -0.767. The molecule has 2 rings (SSSR count). The predicted octanol–water partition coefficient (Wildman–Crippen LogP) is 1.02. The second-order valence-corrected chi connectivity index (χ2v) is 4.26. The number of nitrogens with zero attached hydrogens (tertiary/aromatic N) is 1. The summed E-state index contributed by atoms with van der Waals surface area (Å²) in [5.74, 6) is -0.363. The number of hydrogen-bond donors (Lipinski definition) is 3. The van der Waals surface area contributed by atoms with Crippen LogP contribution in [0.2, 0.25) is 0 Å². The fourth-order valence-corrected chi connectivity index (χ4v) is 1.82. The van der Waals surface area contributed by atoms with E-state index in [-0.39, 0.29) is 17.9 Å². The van der Waals surface area contributed by atoms with E-state index in [1.165, 1.54) is 0 Å². The molecular formula is C12H14N2O4. The molecule has 6 nitrogen and oxygen atoms in total. The summed E-state index contributed by atoms with van der Waals surface area (Å²) in [7, 11) is 0. The van der Waals surface area contributed by atoms with E-state index in [1.807, 2.05) is 0 Å². The predicted molar refractivity (Wildman–Crippen MR) is 63.7 cm³/mol. The van der Waals surface area contributed by atoms with Crippen molar-refractivity contribution in [3.8, 4) is 5.75 Å². The zero-order valence-electron chi connectivity index (χ0n) is 9.61. The van der Waals surface area contributed by atoms with Crippen LogP contribution in [0, 0.1) is 5.92 Å². The van der Waals surface area contributed by atoms with E-state index in [4.69, 9.17) is 20.8 Å². The third-order valence-electron chi connectivity index (χ3n) is 3.00. The Hall–Kier alpha value is -2.24. The molecule has 0 spiro atoms. The molecule has 1 aromatic rings. The van der Waals surface area contributed by atoms with E-state index in [2.05, 4.69) is 5.16 Å². The van der Waals surface area contributed by atoms with E-state index in [0.29, 0.717) is 24.2 Å². The third-order valence-corrected chi connectivity index (χ3v) is 3.00. The van der Waals surface area contributed by atoms with Gasteiger partial charge in [-0.15, -0.1) is 0 Å². The van der Waals surface area contributed by atoms with Crippen molar-refractivity contribution in [2.75, 3.05) is 0 Å². The topological polar surface area (TPSA) is 105 Å². The maximum atomic E-state index is 10.6. The number of benzene rings is 1. The van der Waals surface area contributed by atoms with Gasteiger partial charge >= 0.3 is 5.97 Å². The maximum absolute atomic E-state index is 10.6. The first-order valence-electron chi connectivity index (χ1n) is 5.57. The monoisotopic (exact) mass is 250 g/mol. The Morgan fingerprint density at radius 1 is 1.33 bits per heavy atom. The van der Waals surface area contributed by atoms with Gasteiger partial charge in [0.15, 0.2) is 5.84 Å². The summed E-state index contributed by atoms with van der Waals surface area (Å²) in [6.45, 7) is 0. The van der Waals surface area contributed by atoms with Gasteiger partial charge in [0.05, 0.1) is 5.92 Å². The molecule has 0 amide bonds. The molecule has 0 aromatic heterocycles. The van der Waals surface area contributed by atoms with Crippen molar-refractivity contribution >= 4 is 11.8 Å². The molecule has 0 atom stereocenters. The van der Waals surface area contributed by atoms with Crippen molar-refractivity contribution in [2.45, 2.75) is 18.9 Å². The Kier molecular flexibility index (Phi) is 3.36. The van der Waals surface area contributed by atoms with Crippen LogP contribution < -0.4 is 10.5 Å². The summed E-state index contributed by atoms with van der Waals surface area (Å²) in [6.07, 6.45) is 1.04. The average molecular weight is 250 g/mol. The highest BCUT2D eigenvalue weighted by Gasteiger charge is 2.35. The minimum Gasteiger partial charge on any atom is -0.490 e. The van der Waals surface area contributed by atoms with Crippen molar-refractivity contribution < 1.29 is 19.8 Å². The molecule has 0 heterocycles. The van der Waals surface area contributed by atoms with Crippen LogP contribution in [0.4, 0.5) is 0 Å². The van der Waals surface area contributed by atoms with Crippen LogP contribution in [-0.4, -0.2) is 28.2 Å². The second kappa shape index (κ2) is 4.95. The molecule has 1 saturated carbocycles. The first-order valence-corrected chi connectivity index (χ1v) is 5.57. The summed E-state index contributed by atoms with van der Waals surface area (Å²) in [5.41, 5.74) is 6.03. The number of aliphatic carboxylic acids is 1. The highest BCUT2D eigenvalue weighted by molar-refractivity contribution is 5.97. The van der Waals surface area contributed by atoms with Gasteiger partial charge in [-0.25, -0.2) is 0 Å². The number of carbonyl (C=O) groups is 1. The summed E-state index contributed by atoms with van der Waals surface area (Å²) in [5, 5.41) is 20.1. The molecular weight excluding hydrogens is 236 g/mol. The first-order chi connectivity index (χ1) is 8.60. The number of carboxylic acids is 1. The quantitative estimate of drug-likeness (QED) is 0.320. The van der Waals surface area contributed by atoms with Crippen LogP contribution in [0.15, 0.2) is 29.4 Å². The molecule has 0 bridgehead atoms. The van der Waals surface area contributed by atoms with Gasteiger partial charge < -0.3 is 20.8 Å². The first kappa shape index (κ1) is 12.2. The van der Waals surface area contributed by atoms with E-state index < -0.39 is 5.97 Å². The lowest BCUT2D eigenvalue weighted by Crippen LogP contribution is -2.38. The maximum Gasteiger partial charge on any atom is 0.306 e. The van der Waals surface area contributed by atoms with Gasteiger partial charge in [-0.1, -0.05) is 5.16 Å². The summed E-state index contributed by atoms with van der Waals surface area (Å²) in [6, 6.07) is 6.78. The highest BCUT2D eigenvalue weighted by Crippen LogP contribution is 2.31. The van der Waals surface area contributed by atoms with Crippen molar-refractivity contribution in [1.29, 1.82) is 0 Å². The number of nitrogens with two attached hydrogens (primary N) is 1. The SMILES string of the molecule is N/C(=N\O)c1ccc(O[C@H]2C[C@@H](C(=O)O)C2)cc1. The molecule has 4 N–H and O–H groups in total. The molecule has 6 heteroatoms. The zero-order valence-corrected chi connectivity index (χ0v) is 9.61. The second-order valence-electron chi connectivity index (χ2n) is 4.26. The van der Waals surface area contributed by atoms with Gasteiger partial charge in [-0.2, -0.15) is 0 Å². The highest BCUT2D eigenvalue weighted by atomic mass is 16.5. The molecule has 1 aliphatic rings. The van der Waals surface area contributed by atoms with Gasteiger partial charge in [0.25, 0.3) is 0 Å². The summed E-state index contributed by atoms with van der Waals surface area (Å²) in [4.78, 5) is 10.6. The van der Waals surface area contributed by atoms with Crippen LogP contribution in [0.25, 0.3) is 0 Å². The van der Waals surface area contributed by atoms with E-state index >= 15 is 0 Å². The number of ether oxygens (including phenoxy) is 1. The summed E-state index contributed by atoms with van der Waals surface area (Å²) < 4.78 is 5.59. The lowest BCUT2D eigenvalue weighted by atomic mass is 9.82. The number of rotatable bonds is 4. The molecule has 0 radical (unpaired) electrons. The Balaban J connectivity index is 1.90. The molecule has 0 saturated heterocycles. The molecule has 1 aromatic carbocycles. The molecule has 1 aliphatic carbocycles. The lowest BCUT2D eigenvalue weighted by molar-refractivity contribution is -0.147. The van der Waals surface area contributed by atoms with Crippen LogP contribution in [-0.2, 0) is 4.79 Å². The molecule has 0 aliphatic heterocycles. The molecule has 0 unspecified atom stereocenters. The number of hydrogen-bond acceptors (Lipinski definition) is 4. The van der Waals surface area contributed by atoms with Crippen molar-refractivity contribution in [2.24, 2.45) is 16.8 Å². The van der Waals surface area contributed by atoms with E-state index in [9.17, 15) is 4.79 Å².